The van der Waals surface area contributed by atoms with Crippen LogP contribution in [-0.2, 0) is 0 Å². The van der Waals surface area contributed by atoms with Gasteiger partial charge >= 0.3 is 0 Å². The summed E-state index contributed by atoms with van der Waals surface area (Å²) in [5, 5.41) is 9.15. The first-order valence-electron chi connectivity index (χ1n) is 7.53. The molecule has 1 saturated heterocycles. The Morgan fingerprint density at radius 3 is 2.40 bits per heavy atom. The molecule has 0 bridgehead atoms. The fourth-order valence-corrected chi connectivity index (χ4v) is 2.65. The van der Waals surface area contributed by atoms with Crippen molar-refractivity contribution in [2.75, 3.05) is 44.2 Å². The van der Waals surface area contributed by atoms with E-state index in [1.807, 2.05) is 6.92 Å². The van der Waals surface area contributed by atoms with Crippen molar-refractivity contribution in [3.8, 4) is 0 Å². The van der Waals surface area contributed by atoms with Crippen molar-refractivity contribution in [2.45, 2.75) is 25.3 Å². The highest BCUT2D eigenvalue weighted by molar-refractivity contribution is 5.46. The summed E-state index contributed by atoms with van der Waals surface area (Å²) in [6.45, 7) is 7.45. The van der Waals surface area contributed by atoms with Gasteiger partial charge in [-0.25, -0.2) is 0 Å². The first-order chi connectivity index (χ1) is 9.61. The third kappa shape index (κ3) is 4.47. The zero-order valence-electron chi connectivity index (χ0n) is 12.5. The highest BCUT2D eigenvalue weighted by atomic mass is 16.3. The van der Waals surface area contributed by atoms with E-state index in [0.29, 0.717) is 0 Å². The Bertz CT molecular complexity index is 386. The van der Waals surface area contributed by atoms with Gasteiger partial charge in [0.05, 0.1) is 6.61 Å². The van der Waals surface area contributed by atoms with E-state index in [-0.39, 0.29) is 6.61 Å². The van der Waals surface area contributed by atoms with Crippen LogP contribution in [0.5, 0.6) is 0 Å². The zero-order valence-corrected chi connectivity index (χ0v) is 12.5. The molecule has 0 radical (unpaired) electrons. The quantitative estimate of drug-likeness (QED) is 0.823. The maximum atomic E-state index is 9.15. The molecule has 1 heterocycles. The smallest absolute Gasteiger partial charge is 0.0608 e. The first-order valence-corrected chi connectivity index (χ1v) is 7.53. The average Bonchev–Trinajstić information content (AvgIpc) is 2.49. The maximum absolute atomic E-state index is 9.15. The topological polar surface area (TPSA) is 52.7 Å². The number of anilines is 1. The molecule has 4 nitrogen and oxygen atoms in total. The summed E-state index contributed by atoms with van der Waals surface area (Å²) in [5.41, 5.74) is 6.85. The number of para-hydroxylation sites is 1. The third-order valence-corrected chi connectivity index (χ3v) is 4.08. The highest BCUT2D eigenvalue weighted by Crippen LogP contribution is 2.16. The van der Waals surface area contributed by atoms with Gasteiger partial charge in [0.1, 0.15) is 0 Å². The summed E-state index contributed by atoms with van der Waals surface area (Å²) in [6.07, 6.45) is 1.93. The van der Waals surface area contributed by atoms with Gasteiger partial charge < -0.3 is 15.7 Å². The second-order valence-electron chi connectivity index (χ2n) is 6.08. The van der Waals surface area contributed by atoms with E-state index in [1.165, 1.54) is 5.69 Å². The Morgan fingerprint density at radius 1 is 1.15 bits per heavy atom. The third-order valence-electron chi connectivity index (χ3n) is 4.08. The number of hydrogen-bond donors (Lipinski definition) is 2. The van der Waals surface area contributed by atoms with Gasteiger partial charge in [0.25, 0.3) is 0 Å². The van der Waals surface area contributed by atoms with Crippen molar-refractivity contribution in [3.05, 3.63) is 30.3 Å². The van der Waals surface area contributed by atoms with Crippen molar-refractivity contribution < 1.29 is 5.11 Å². The first kappa shape index (κ1) is 15.3. The number of rotatable bonds is 6. The van der Waals surface area contributed by atoms with Crippen LogP contribution in [0.2, 0.25) is 0 Å². The van der Waals surface area contributed by atoms with Crippen molar-refractivity contribution in [2.24, 2.45) is 5.73 Å². The van der Waals surface area contributed by atoms with E-state index in [9.17, 15) is 0 Å². The molecule has 1 aliphatic heterocycles. The predicted octanol–water partition coefficient (Wildman–Crippen LogP) is 1.30. The minimum Gasteiger partial charge on any atom is -0.394 e. The van der Waals surface area contributed by atoms with Crippen molar-refractivity contribution in [1.29, 1.82) is 0 Å². The van der Waals surface area contributed by atoms with Crippen molar-refractivity contribution in [3.63, 3.8) is 0 Å². The lowest BCUT2D eigenvalue weighted by Gasteiger charge is -2.36. The molecule has 1 fully saturated rings. The molecule has 4 heteroatoms. The second kappa shape index (κ2) is 7.07. The van der Waals surface area contributed by atoms with Crippen LogP contribution >= 0.6 is 0 Å². The van der Waals surface area contributed by atoms with Gasteiger partial charge in [-0.2, -0.15) is 0 Å². The van der Waals surface area contributed by atoms with E-state index in [2.05, 4.69) is 40.1 Å². The summed E-state index contributed by atoms with van der Waals surface area (Å²) in [7, 11) is 0. The van der Waals surface area contributed by atoms with Crippen LogP contribution in [-0.4, -0.2) is 54.9 Å². The molecule has 1 aromatic rings. The van der Waals surface area contributed by atoms with Gasteiger partial charge in [-0.3, -0.25) is 4.90 Å². The van der Waals surface area contributed by atoms with Crippen molar-refractivity contribution in [1.82, 2.24) is 4.90 Å². The Kier molecular flexibility index (Phi) is 5.40. The van der Waals surface area contributed by atoms with Crippen LogP contribution < -0.4 is 10.6 Å². The predicted molar refractivity (Wildman–Crippen MR) is 84.0 cm³/mol. The fraction of sp³-hybridized carbons (Fsp3) is 0.625. The monoisotopic (exact) mass is 277 g/mol. The summed E-state index contributed by atoms with van der Waals surface area (Å²) in [6, 6.07) is 10.6. The Labute approximate surface area is 122 Å². The lowest BCUT2D eigenvalue weighted by Crippen LogP contribution is -2.47. The van der Waals surface area contributed by atoms with Crippen LogP contribution in [0.1, 0.15) is 19.8 Å². The van der Waals surface area contributed by atoms with Gasteiger partial charge in [0.15, 0.2) is 0 Å². The number of aliphatic hydroxyl groups is 1. The molecule has 1 unspecified atom stereocenters. The number of piperazine rings is 1. The number of hydrogen-bond acceptors (Lipinski definition) is 4. The molecule has 20 heavy (non-hydrogen) atoms. The molecule has 0 aliphatic carbocycles. The molecular formula is C16H27N3O. The van der Waals surface area contributed by atoms with E-state index in [1.54, 1.807) is 0 Å². The summed E-state index contributed by atoms with van der Waals surface area (Å²) < 4.78 is 0. The van der Waals surface area contributed by atoms with Gasteiger partial charge in [-0.15, -0.1) is 0 Å². The van der Waals surface area contributed by atoms with Crippen LogP contribution in [0.4, 0.5) is 5.69 Å². The summed E-state index contributed by atoms with van der Waals surface area (Å²) in [5.74, 6) is 0. The number of nitrogens with two attached hydrogens (primary N) is 1. The SMILES string of the molecule is CC(N)(CO)CCCN1CCN(c2ccccc2)CC1. The molecule has 0 aromatic heterocycles. The van der Waals surface area contributed by atoms with Crippen LogP contribution in [0.3, 0.4) is 0 Å². The minimum absolute atomic E-state index is 0.0643. The molecular weight excluding hydrogens is 250 g/mol. The minimum atomic E-state index is -0.425. The van der Waals surface area contributed by atoms with Crippen LogP contribution in [0.25, 0.3) is 0 Å². The lowest BCUT2D eigenvalue weighted by atomic mass is 9.98. The number of nitrogens with zero attached hydrogens (tertiary/aromatic N) is 2. The molecule has 1 aromatic carbocycles. The van der Waals surface area contributed by atoms with Gasteiger partial charge in [0.2, 0.25) is 0 Å². The largest absolute Gasteiger partial charge is 0.394 e. The molecule has 1 aliphatic rings. The fourth-order valence-electron chi connectivity index (χ4n) is 2.65. The van der Waals surface area contributed by atoms with Crippen molar-refractivity contribution >= 4 is 5.69 Å². The highest BCUT2D eigenvalue weighted by Gasteiger charge is 2.19. The molecule has 3 N–H and O–H groups in total. The molecule has 2 rings (SSSR count). The molecule has 0 saturated carbocycles. The van der Waals surface area contributed by atoms with Crippen LogP contribution in [0, 0.1) is 0 Å². The van der Waals surface area contributed by atoms with E-state index in [4.69, 9.17) is 10.8 Å². The van der Waals surface area contributed by atoms with Gasteiger partial charge in [0, 0.05) is 37.4 Å². The van der Waals surface area contributed by atoms with Gasteiger partial charge in [-0.1, -0.05) is 18.2 Å². The second-order valence-corrected chi connectivity index (χ2v) is 6.08. The lowest BCUT2D eigenvalue weighted by molar-refractivity contribution is 0.186. The number of benzene rings is 1. The molecule has 1 atom stereocenters. The van der Waals surface area contributed by atoms with E-state index < -0.39 is 5.54 Å². The standard InChI is InChI=1S/C16H27N3O/c1-16(17,14-20)8-5-9-18-10-12-19(13-11-18)15-6-3-2-4-7-15/h2-4,6-7,20H,5,8-14,17H2,1H3. The Balaban J connectivity index is 1.70. The normalized spacial score (nSPS) is 19.9. The Hall–Kier alpha value is -1.10. The summed E-state index contributed by atoms with van der Waals surface area (Å²) >= 11 is 0. The molecule has 0 spiro atoms. The zero-order chi connectivity index (χ0) is 14.4. The number of aliphatic hydroxyl groups excluding tert-OH is 1. The van der Waals surface area contributed by atoms with E-state index in [0.717, 1.165) is 45.6 Å². The average molecular weight is 277 g/mol. The Morgan fingerprint density at radius 2 is 1.80 bits per heavy atom. The molecule has 112 valence electrons. The van der Waals surface area contributed by atoms with Gasteiger partial charge in [-0.05, 0) is 38.4 Å². The van der Waals surface area contributed by atoms with Crippen LogP contribution in [0.15, 0.2) is 30.3 Å². The maximum Gasteiger partial charge on any atom is 0.0608 e. The molecule has 0 amide bonds. The van der Waals surface area contributed by atoms with E-state index >= 15 is 0 Å². The summed E-state index contributed by atoms with van der Waals surface area (Å²) in [4.78, 5) is 4.93.